The fraction of sp³-hybridized carbons (Fsp3) is 0.278. The standard InChI is InChI=1S/C18H18FNO2/c1-2-21-17-7-3-14(4-8-17)15(13-20)11-12-22-18-9-5-16(19)6-10-18/h3-10,15H,2,11-12H2,1H3. The lowest BCUT2D eigenvalue weighted by Gasteiger charge is -2.11. The predicted octanol–water partition coefficient (Wildman–Crippen LogP) is 4.30. The molecule has 0 aliphatic heterocycles. The van der Waals surface area contributed by atoms with Gasteiger partial charge in [0, 0.05) is 6.42 Å². The molecule has 0 amide bonds. The Morgan fingerprint density at radius 2 is 1.59 bits per heavy atom. The van der Waals surface area contributed by atoms with Crippen LogP contribution in [0.4, 0.5) is 4.39 Å². The van der Waals surface area contributed by atoms with E-state index in [1.54, 1.807) is 12.1 Å². The van der Waals surface area contributed by atoms with Gasteiger partial charge in [-0.2, -0.15) is 5.26 Å². The summed E-state index contributed by atoms with van der Waals surface area (Å²) in [6, 6.07) is 15.7. The SMILES string of the molecule is CCOc1ccc(C(C#N)CCOc2ccc(F)cc2)cc1. The van der Waals surface area contributed by atoms with Crippen LogP contribution in [0.15, 0.2) is 48.5 Å². The Hall–Kier alpha value is -2.54. The van der Waals surface area contributed by atoms with E-state index in [1.165, 1.54) is 12.1 Å². The average molecular weight is 299 g/mol. The maximum absolute atomic E-state index is 12.8. The van der Waals surface area contributed by atoms with Crippen molar-refractivity contribution in [3.8, 4) is 17.6 Å². The van der Waals surface area contributed by atoms with E-state index >= 15 is 0 Å². The molecular weight excluding hydrogens is 281 g/mol. The van der Waals surface area contributed by atoms with E-state index in [4.69, 9.17) is 9.47 Å². The summed E-state index contributed by atoms with van der Waals surface area (Å²) in [5, 5.41) is 9.30. The van der Waals surface area contributed by atoms with Crippen molar-refractivity contribution in [3.63, 3.8) is 0 Å². The molecule has 2 rings (SSSR count). The molecule has 0 heterocycles. The summed E-state index contributed by atoms with van der Waals surface area (Å²) in [5.41, 5.74) is 0.939. The molecular formula is C18H18FNO2. The van der Waals surface area contributed by atoms with Gasteiger partial charge in [0.2, 0.25) is 0 Å². The number of hydrogen-bond acceptors (Lipinski definition) is 3. The Balaban J connectivity index is 1.89. The van der Waals surface area contributed by atoms with Gasteiger partial charge < -0.3 is 9.47 Å². The van der Waals surface area contributed by atoms with Crippen LogP contribution in [0, 0.1) is 17.1 Å². The van der Waals surface area contributed by atoms with Gasteiger partial charge in [0.1, 0.15) is 17.3 Å². The summed E-state index contributed by atoms with van der Waals surface area (Å²) in [6.45, 7) is 2.95. The molecule has 3 nitrogen and oxygen atoms in total. The average Bonchev–Trinajstić information content (AvgIpc) is 2.55. The lowest BCUT2D eigenvalue weighted by atomic mass is 9.97. The van der Waals surface area contributed by atoms with Gasteiger partial charge in [-0.3, -0.25) is 0 Å². The second kappa shape index (κ2) is 8.04. The lowest BCUT2D eigenvalue weighted by Crippen LogP contribution is -2.04. The number of nitriles is 1. The van der Waals surface area contributed by atoms with Crippen LogP contribution in [0.25, 0.3) is 0 Å². The maximum Gasteiger partial charge on any atom is 0.123 e. The van der Waals surface area contributed by atoms with Gasteiger partial charge in [-0.25, -0.2) is 4.39 Å². The van der Waals surface area contributed by atoms with Crippen LogP contribution in [-0.2, 0) is 0 Å². The highest BCUT2D eigenvalue weighted by atomic mass is 19.1. The molecule has 1 atom stereocenters. The number of halogens is 1. The topological polar surface area (TPSA) is 42.2 Å². The zero-order chi connectivity index (χ0) is 15.8. The van der Waals surface area contributed by atoms with Gasteiger partial charge >= 0.3 is 0 Å². The van der Waals surface area contributed by atoms with Crippen molar-refractivity contribution in [3.05, 3.63) is 59.9 Å². The molecule has 0 radical (unpaired) electrons. The summed E-state index contributed by atoms with van der Waals surface area (Å²) in [6.07, 6.45) is 0.571. The highest BCUT2D eigenvalue weighted by Gasteiger charge is 2.11. The van der Waals surface area contributed by atoms with E-state index in [1.807, 2.05) is 31.2 Å². The first-order valence-corrected chi connectivity index (χ1v) is 7.23. The Morgan fingerprint density at radius 3 is 2.18 bits per heavy atom. The van der Waals surface area contributed by atoms with Crippen molar-refractivity contribution in [2.24, 2.45) is 0 Å². The second-order valence-corrected chi connectivity index (χ2v) is 4.77. The second-order valence-electron chi connectivity index (χ2n) is 4.77. The molecule has 1 unspecified atom stereocenters. The van der Waals surface area contributed by atoms with Crippen LogP contribution in [0.5, 0.6) is 11.5 Å². The lowest BCUT2D eigenvalue weighted by molar-refractivity contribution is 0.305. The first-order valence-electron chi connectivity index (χ1n) is 7.23. The van der Waals surface area contributed by atoms with E-state index in [-0.39, 0.29) is 11.7 Å². The molecule has 2 aromatic rings. The van der Waals surface area contributed by atoms with E-state index in [0.717, 1.165) is 11.3 Å². The summed E-state index contributed by atoms with van der Waals surface area (Å²) in [4.78, 5) is 0. The molecule has 0 aliphatic rings. The van der Waals surface area contributed by atoms with Crippen LogP contribution in [-0.4, -0.2) is 13.2 Å². The van der Waals surface area contributed by atoms with E-state index in [2.05, 4.69) is 6.07 Å². The maximum atomic E-state index is 12.8. The minimum absolute atomic E-state index is 0.240. The minimum atomic E-state index is -0.295. The van der Waals surface area contributed by atoms with Crippen LogP contribution in [0.3, 0.4) is 0 Å². The van der Waals surface area contributed by atoms with E-state index in [0.29, 0.717) is 25.4 Å². The van der Waals surface area contributed by atoms with Gasteiger partial charge in [0.25, 0.3) is 0 Å². The third-order valence-electron chi connectivity index (χ3n) is 3.24. The molecule has 0 aliphatic carbocycles. The normalized spacial score (nSPS) is 11.5. The molecule has 0 spiro atoms. The van der Waals surface area contributed by atoms with Crippen molar-refractivity contribution in [2.45, 2.75) is 19.3 Å². The molecule has 0 bridgehead atoms. The summed E-state index contributed by atoms with van der Waals surface area (Å²) in [5.74, 6) is 0.864. The smallest absolute Gasteiger partial charge is 0.123 e. The fourth-order valence-electron chi connectivity index (χ4n) is 2.09. The predicted molar refractivity (Wildman–Crippen MR) is 82.5 cm³/mol. The van der Waals surface area contributed by atoms with Crippen molar-refractivity contribution >= 4 is 0 Å². The highest BCUT2D eigenvalue weighted by molar-refractivity contribution is 5.32. The molecule has 0 aromatic heterocycles. The first-order chi connectivity index (χ1) is 10.7. The third-order valence-corrected chi connectivity index (χ3v) is 3.24. The third kappa shape index (κ3) is 4.49. The summed E-state index contributed by atoms with van der Waals surface area (Å²) < 4.78 is 23.7. The van der Waals surface area contributed by atoms with Crippen molar-refractivity contribution in [2.75, 3.05) is 13.2 Å². The minimum Gasteiger partial charge on any atom is -0.494 e. The van der Waals surface area contributed by atoms with E-state index < -0.39 is 0 Å². The van der Waals surface area contributed by atoms with Crippen LogP contribution in [0.2, 0.25) is 0 Å². The number of rotatable bonds is 7. The summed E-state index contributed by atoms with van der Waals surface area (Å²) >= 11 is 0. The Kier molecular flexibility index (Phi) is 5.79. The van der Waals surface area contributed by atoms with Crippen LogP contribution >= 0.6 is 0 Å². The van der Waals surface area contributed by atoms with Crippen molar-refractivity contribution in [1.29, 1.82) is 5.26 Å². The molecule has 114 valence electrons. The van der Waals surface area contributed by atoms with Gasteiger partial charge in [-0.05, 0) is 48.9 Å². The number of nitrogens with zero attached hydrogens (tertiary/aromatic N) is 1. The first kappa shape index (κ1) is 15.8. The molecule has 0 fully saturated rings. The zero-order valence-corrected chi connectivity index (χ0v) is 12.5. The molecule has 22 heavy (non-hydrogen) atoms. The highest BCUT2D eigenvalue weighted by Crippen LogP contribution is 2.22. The molecule has 2 aromatic carbocycles. The van der Waals surface area contributed by atoms with Crippen molar-refractivity contribution < 1.29 is 13.9 Å². The van der Waals surface area contributed by atoms with Crippen LogP contribution < -0.4 is 9.47 Å². The Morgan fingerprint density at radius 1 is 1.00 bits per heavy atom. The number of ether oxygens (including phenoxy) is 2. The number of hydrogen-bond donors (Lipinski definition) is 0. The number of benzene rings is 2. The monoisotopic (exact) mass is 299 g/mol. The zero-order valence-electron chi connectivity index (χ0n) is 12.5. The van der Waals surface area contributed by atoms with Gasteiger partial charge in [0.15, 0.2) is 0 Å². The summed E-state index contributed by atoms with van der Waals surface area (Å²) in [7, 11) is 0. The van der Waals surface area contributed by atoms with Crippen LogP contribution in [0.1, 0.15) is 24.8 Å². The molecule has 4 heteroatoms. The molecule has 0 saturated heterocycles. The molecule has 0 saturated carbocycles. The van der Waals surface area contributed by atoms with Gasteiger partial charge in [-0.15, -0.1) is 0 Å². The quantitative estimate of drug-likeness (QED) is 0.765. The Labute approximate surface area is 129 Å². The van der Waals surface area contributed by atoms with Crippen molar-refractivity contribution in [1.82, 2.24) is 0 Å². The molecule has 0 N–H and O–H groups in total. The Bertz CT molecular complexity index is 617. The van der Waals surface area contributed by atoms with E-state index in [9.17, 15) is 9.65 Å². The van der Waals surface area contributed by atoms with Gasteiger partial charge in [0.05, 0.1) is 25.2 Å². The van der Waals surface area contributed by atoms with Gasteiger partial charge in [-0.1, -0.05) is 12.1 Å². The fourth-order valence-corrected chi connectivity index (χ4v) is 2.09. The largest absolute Gasteiger partial charge is 0.494 e.